The maximum atomic E-state index is 12.0. The quantitative estimate of drug-likeness (QED) is 0.447. The van der Waals surface area contributed by atoms with Crippen LogP contribution in [0.2, 0.25) is 5.02 Å². The molecule has 0 saturated carbocycles. The van der Waals surface area contributed by atoms with Crippen molar-refractivity contribution in [3.05, 3.63) is 47.0 Å². The molecule has 0 aromatic heterocycles. The number of nitrogens with zero attached hydrogens (tertiary/aromatic N) is 1. The van der Waals surface area contributed by atoms with E-state index in [1.54, 1.807) is 30.3 Å². The van der Waals surface area contributed by atoms with Crippen LogP contribution >= 0.6 is 11.6 Å². The number of carbonyl (C=O) groups is 2. The van der Waals surface area contributed by atoms with E-state index in [0.29, 0.717) is 27.8 Å². The van der Waals surface area contributed by atoms with Gasteiger partial charge in [0, 0.05) is 10.6 Å². The van der Waals surface area contributed by atoms with E-state index in [1.807, 2.05) is 0 Å². The molecule has 0 unspecified atom stereocenters. The maximum Gasteiger partial charge on any atom is 0.329 e. The van der Waals surface area contributed by atoms with E-state index < -0.39 is 11.8 Å². The van der Waals surface area contributed by atoms with Crippen LogP contribution in [-0.4, -0.2) is 39.4 Å². The number of ether oxygens (including phenoxy) is 3. The van der Waals surface area contributed by atoms with Gasteiger partial charge in [-0.2, -0.15) is 5.10 Å². The van der Waals surface area contributed by atoms with Crippen LogP contribution in [0, 0.1) is 0 Å². The normalized spacial score (nSPS) is 10.4. The Hall–Kier alpha value is -3.26. The molecule has 0 bridgehead atoms. The van der Waals surface area contributed by atoms with Gasteiger partial charge in [-0.25, -0.2) is 5.43 Å². The lowest BCUT2D eigenvalue weighted by Gasteiger charge is -2.10. The molecule has 2 rings (SSSR count). The zero-order valence-corrected chi connectivity index (χ0v) is 15.7. The van der Waals surface area contributed by atoms with E-state index in [-0.39, 0.29) is 5.69 Å². The Bertz CT molecular complexity index is 870. The zero-order chi connectivity index (χ0) is 19.8. The Kier molecular flexibility index (Phi) is 7.01. The summed E-state index contributed by atoms with van der Waals surface area (Å²) in [5.74, 6) is -0.560. The van der Waals surface area contributed by atoms with Gasteiger partial charge in [-0.15, -0.1) is 0 Å². The van der Waals surface area contributed by atoms with Crippen molar-refractivity contribution >= 4 is 35.3 Å². The van der Waals surface area contributed by atoms with Gasteiger partial charge in [0.25, 0.3) is 0 Å². The fraction of sp³-hybridized carbons (Fsp3) is 0.167. The van der Waals surface area contributed by atoms with Crippen molar-refractivity contribution in [3.8, 4) is 17.2 Å². The van der Waals surface area contributed by atoms with Gasteiger partial charge < -0.3 is 19.5 Å². The van der Waals surface area contributed by atoms with Crippen molar-refractivity contribution in [1.29, 1.82) is 0 Å². The number of para-hydroxylation sites is 1. The summed E-state index contributed by atoms with van der Waals surface area (Å²) in [7, 11) is 4.43. The smallest absolute Gasteiger partial charge is 0.329 e. The number of nitrogens with one attached hydrogen (secondary N) is 2. The highest BCUT2D eigenvalue weighted by molar-refractivity contribution is 6.40. The molecule has 0 aliphatic rings. The Morgan fingerprint density at radius 2 is 1.74 bits per heavy atom. The van der Waals surface area contributed by atoms with E-state index in [9.17, 15) is 9.59 Å². The Labute approximate surface area is 161 Å². The fourth-order valence-corrected chi connectivity index (χ4v) is 2.35. The average molecular weight is 392 g/mol. The molecule has 0 aliphatic heterocycles. The Morgan fingerprint density at radius 3 is 2.41 bits per heavy atom. The van der Waals surface area contributed by atoms with Gasteiger partial charge in [0.1, 0.15) is 5.75 Å². The highest BCUT2D eigenvalue weighted by Gasteiger charge is 2.16. The second-order valence-corrected chi connectivity index (χ2v) is 5.52. The number of hydrazone groups is 1. The molecule has 0 atom stereocenters. The summed E-state index contributed by atoms with van der Waals surface area (Å²) in [6.07, 6.45) is 1.34. The third kappa shape index (κ3) is 5.11. The molecular formula is C18H18ClN3O5. The minimum absolute atomic E-state index is 0.267. The molecule has 0 radical (unpaired) electrons. The van der Waals surface area contributed by atoms with E-state index in [2.05, 4.69) is 15.8 Å². The van der Waals surface area contributed by atoms with Crippen molar-refractivity contribution in [2.45, 2.75) is 0 Å². The molecule has 2 aromatic carbocycles. The van der Waals surface area contributed by atoms with E-state index in [1.165, 1.54) is 33.6 Å². The van der Waals surface area contributed by atoms with Crippen molar-refractivity contribution < 1.29 is 23.8 Å². The third-order valence-corrected chi connectivity index (χ3v) is 3.65. The van der Waals surface area contributed by atoms with Crippen molar-refractivity contribution in [1.82, 2.24) is 5.43 Å². The molecule has 2 N–H and O–H groups in total. The molecule has 142 valence electrons. The summed E-state index contributed by atoms with van der Waals surface area (Å²) in [5, 5.41) is 6.57. The zero-order valence-electron chi connectivity index (χ0n) is 14.9. The van der Waals surface area contributed by atoms with Crippen molar-refractivity contribution in [3.63, 3.8) is 0 Å². The van der Waals surface area contributed by atoms with Crippen LogP contribution in [-0.2, 0) is 9.59 Å². The molecule has 27 heavy (non-hydrogen) atoms. The van der Waals surface area contributed by atoms with Crippen molar-refractivity contribution in [2.75, 3.05) is 26.6 Å². The summed E-state index contributed by atoms with van der Waals surface area (Å²) in [5.41, 5.74) is 2.97. The van der Waals surface area contributed by atoms with Gasteiger partial charge >= 0.3 is 11.8 Å². The van der Waals surface area contributed by atoms with Gasteiger partial charge in [-0.3, -0.25) is 9.59 Å². The lowest BCUT2D eigenvalue weighted by atomic mass is 10.2. The molecule has 0 spiro atoms. The van der Waals surface area contributed by atoms with Crippen LogP contribution in [0.3, 0.4) is 0 Å². The molecule has 9 heteroatoms. The second kappa shape index (κ2) is 9.44. The van der Waals surface area contributed by atoms with Gasteiger partial charge in [-0.05, 0) is 30.3 Å². The topological polar surface area (TPSA) is 98.2 Å². The minimum atomic E-state index is -0.963. The number of anilines is 1. The van der Waals surface area contributed by atoms with E-state index >= 15 is 0 Å². The molecule has 0 saturated heterocycles. The molecule has 0 aliphatic carbocycles. The van der Waals surface area contributed by atoms with Crippen LogP contribution in [0.5, 0.6) is 17.2 Å². The predicted molar refractivity (Wildman–Crippen MR) is 102 cm³/mol. The lowest BCUT2D eigenvalue weighted by molar-refractivity contribution is -0.136. The molecule has 2 amide bonds. The molecule has 2 aromatic rings. The molecule has 0 heterocycles. The summed E-state index contributed by atoms with van der Waals surface area (Å²) in [6.45, 7) is 0. The monoisotopic (exact) mass is 391 g/mol. The maximum absolute atomic E-state index is 12.0. The van der Waals surface area contributed by atoms with Crippen LogP contribution < -0.4 is 25.0 Å². The summed E-state index contributed by atoms with van der Waals surface area (Å²) < 4.78 is 15.5. The summed E-state index contributed by atoms with van der Waals surface area (Å²) in [6, 6.07) is 9.82. The average Bonchev–Trinajstić information content (AvgIpc) is 2.67. The van der Waals surface area contributed by atoms with E-state index in [4.69, 9.17) is 25.8 Å². The van der Waals surface area contributed by atoms with Crippen LogP contribution in [0.25, 0.3) is 0 Å². The third-order valence-electron chi connectivity index (χ3n) is 3.42. The Morgan fingerprint density at radius 1 is 1.00 bits per heavy atom. The molecule has 8 nitrogen and oxygen atoms in total. The van der Waals surface area contributed by atoms with Crippen LogP contribution in [0.1, 0.15) is 5.56 Å². The first-order valence-corrected chi connectivity index (χ1v) is 8.06. The SMILES string of the molecule is COc1ccc(Cl)cc1NC(=O)C(=O)NN=Cc1cccc(OC)c1OC. The number of hydrogen-bond donors (Lipinski definition) is 2. The highest BCUT2D eigenvalue weighted by Crippen LogP contribution is 2.29. The predicted octanol–water partition coefficient (Wildman–Crippen LogP) is 2.45. The number of methoxy groups -OCH3 is 3. The largest absolute Gasteiger partial charge is 0.495 e. The minimum Gasteiger partial charge on any atom is -0.495 e. The fourth-order valence-electron chi connectivity index (χ4n) is 2.18. The first-order valence-electron chi connectivity index (χ1n) is 7.69. The number of amides is 2. The number of halogens is 1. The number of hydrogen-bond acceptors (Lipinski definition) is 6. The van der Waals surface area contributed by atoms with Gasteiger partial charge in [0.2, 0.25) is 0 Å². The van der Waals surface area contributed by atoms with E-state index in [0.717, 1.165) is 0 Å². The van der Waals surface area contributed by atoms with Gasteiger partial charge in [0.05, 0.1) is 33.2 Å². The van der Waals surface area contributed by atoms with Gasteiger partial charge in [-0.1, -0.05) is 17.7 Å². The number of carbonyl (C=O) groups excluding carboxylic acids is 2. The number of rotatable bonds is 6. The first kappa shape index (κ1) is 20.1. The summed E-state index contributed by atoms with van der Waals surface area (Å²) >= 11 is 5.89. The lowest BCUT2D eigenvalue weighted by Crippen LogP contribution is -2.32. The summed E-state index contributed by atoms with van der Waals surface area (Å²) in [4.78, 5) is 24.0. The van der Waals surface area contributed by atoms with Crippen LogP contribution in [0.15, 0.2) is 41.5 Å². The molecular weight excluding hydrogens is 374 g/mol. The highest BCUT2D eigenvalue weighted by atomic mass is 35.5. The standard InChI is InChI=1S/C18H18ClN3O5/c1-25-14-8-7-12(19)9-13(14)21-17(23)18(24)22-20-10-11-5-4-6-15(26-2)16(11)27-3/h4-10H,1-3H3,(H,21,23)(H,22,24). The number of benzene rings is 2. The first-order chi connectivity index (χ1) is 13.0. The molecule has 0 fully saturated rings. The van der Waals surface area contributed by atoms with Crippen molar-refractivity contribution in [2.24, 2.45) is 5.10 Å². The van der Waals surface area contributed by atoms with Gasteiger partial charge in [0.15, 0.2) is 11.5 Å². The Balaban J connectivity index is 2.05. The second-order valence-electron chi connectivity index (χ2n) is 5.08. The van der Waals surface area contributed by atoms with Crippen LogP contribution in [0.4, 0.5) is 5.69 Å².